The van der Waals surface area contributed by atoms with Crippen LogP contribution in [0.3, 0.4) is 0 Å². The van der Waals surface area contributed by atoms with Crippen molar-refractivity contribution < 1.29 is 13.7 Å². The molecule has 0 aliphatic heterocycles. The van der Waals surface area contributed by atoms with Crippen LogP contribution in [0.4, 0.5) is 0 Å². The second-order valence-electron chi connectivity index (χ2n) is 5.18. The summed E-state index contributed by atoms with van der Waals surface area (Å²) in [4.78, 5) is 11.2. The first kappa shape index (κ1) is 12.1. The highest BCUT2D eigenvalue weighted by Gasteiger charge is 2.46. The molecule has 92 valence electrons. The van der Waals surface area contributed by atoms with Gasteiger partial charge in [0.2, 0.25) is 0 Å². The summed E-state index contributed by atoms with van der Waals surface area (Å²) in [5, 5.41) is 0.398. The largest absolute Gasteiger partial charge is 0.469 e. The molecule has 0 N–H and O–H groups in total. The molecule has 0 saturated heterocycles. The first-order chi connectivity index (χ1) is 7.65. The van der Waals surface area contributed by atoms with E-state index in [1.165, 1.54) is 20.0 Å². The minimum absolute atomic E-state index is 0.0283. The summed E-state index contributed by atoms with van der Waals surface area (Å²) in [7, 11) is 0.694. The van der Waals surface area contributed by atoms with Crippen LogP contribution in [0.15, 0.2) is 0 Å². The molecule has 0 aromatic rings. The lowest BCUT2D eigenvalue weighted by atomic mass is 10.1. The average Bonchev–Trinajstić information content (AvgIpc) is 2.83. The fourth-order valence-corrected chi connectivity index (χ4v) is 4.59. The molecule has 0 aromatic heterocycles. The van der Waals surface area contributed by atoms with Crippen LogP contribution < -0.4 is 0 Å². The van der Waals surface area contributed by atoms with Gasteiger partial charge in [-0.3, -0.25) is 9.00 Å². The number of ether oxygens (including phenoxy) is 1. The van der Waals surface area contributed by atoms with Gasteiger partial charge in [-0.25, -0.2) is 0 Å². The molecular formula is C12H20O3S. The van der Waals surface area contributed by atoms with E-state index in [-0.39, 0.29) is 11.4 Å². The molecule has 4 heteroatoms. The van der Waals surface area contributed by atoms with Crippen LogP contribution in [-0.4, -0.2) is 28.3 Å². The van der Waals surface area contributed by atoms with Gasteiger partial charge in [-0.15, -0.1) is 0 Å². The van der Waals surface area contributed by atoms with Crippen molar-refractivity contribution >= 4 is 16.8 Å². The zero-order valence-electron chi connectivity index (χ0n) is 9.87. The van der Waals surface area contributed by atoms with Gasteiger partial charge in [0.15, 0.2) is 0 Å². The van der Waals surface area contributed by atoms with E-state index in [0.29, 0.717) is 17.4 Å². The van der Waals surface area contributed by atoms with E-state index in [9.17, 15) is 9.00 Å². The van der Waals surface area contributed by atoms with Crippen molar-refractivity contribution in [2.24, 2.45) is 5.41 Å². The Morgan fingerprint density at radius 3 is 2.50 bits per heavy atom. The molecule has 0 spiro atoms. The van der Waals surface area contributed by atoms with Crippen molar-refractivity contribution in [2.45, 2.75) is 50.2 Å². The minimum Gasteiger partial charge on any atom is -0.469 e. The van der Waals surface area contributed by atoms with Gasteiger partial charge < -0.3 is 4.74 Å². The van der Waals surface area contributed by atoms with Crippen molar-refractivity contribution in [3.05, 3.63) is 0 Å². The molecule has 1 atom stereocenters. The Morgan fingerprint density at radius 1 is 1.38 bits per heavy atom. The van der Waals surface area contributed by atoms with E-state index in [2.05, 4.69) is 0 Å². The van der Waals surface area contributed by atoms with Crippen LogP contribution >= 0.6 is 0 Å². The number of carbonyl (C=O) groups excluding carboxylic acids is 1. The van der Waals surface area contributed by atoms with Crippen LogP contribution in [0.25, 0.3) is 0 Å². The Morgan fingerprint density at radius 2 is 2.00 bits per heavy atom. The van der Waals surface area contributed by atoms with Crippen molar-refractivity contribution in [2.75, 3.05) is 12.9 Å². The van der Waals surface area contributed by atoms with Crippen molar-refractivity contribution in [3.63, 3.8) is 0 Å². The maximum Gasteiger partial charge on any atom is 0.306 e. The fourth-order valence-electron chi connectivity index (χ4n) is 2.50. The number of carbonyl (C=O) groups is 1. The molecule has 3 nitrogen and oxygen atoms in total. The molecule has 1 unspecified atom stereocenters. The summed E-state index contributed by atoms with van der Waals surface area (Å²) in [6, 6.07) is 0. The highest BCUT2D eigenvalue weighted by atomic mass is 32.2. The minimum atomic E-state index is -0.728. The number of hydrogen-bond acceptors (Lipinski definition) is 3. The lowest BCUT2D eigenvalue weighted by Gasteiger charge is -2.16. The quantitative estimate of drug-likeness (QED) is 0.695. The lowest BCUT2D eigenvalue weighted by molar-refractivity contribution is -0.141. The van der Waals surface area contributed by atoms with Gasteiger partial charge in [0.25, 0.3) is 0 Å². The molecule has 2 aliphatic carbocycles. The predicted molar refractivity (Wildman–Crippen MR) is 63.6 cm³/mol. The Balaban J connectivity index is 1.83. The van der Waals surface area contributed by atoms with Crippen LogP contribution in [0.1, 0.15) is 44.9 Å². The topological polar surface area (TPSA) is 43.4 Å². The van der Waals surface area contributed by atoms with Gasteiger partial charge in [0.1, 0.15) is 0 Å². The average molecular weight is 244 g/mol. The molecular weight excluding hydrogens is 224 g/mol. The van der Waals surface area contributed by atoms with Crippen molar-refractivity contribution in [3.8, 4) is 0 Å². The molecule has 2 rings (SSSR count). The Hall–Kier alpha value is -0.380. The Labute approximate surface area is 99.4 Å². The standard InChI is InChI=1S/C12H20O3S/c1-15-11(13)8-12(6-7-12)9-16(14)10-4-2-3-5-10/h10H,2-9H2,1H3. The summed E-state index contributed by atoms with van der Waals surface area (Å²) in [5.41, 5.74) is 0.0283. The summed E-state index contributed by atoms with van der Waals surface area (Å²) >= 11 is 0. The van der Waals surface area contributed by atoms with E-state index in [0.717, 1.165) is 25.7 Å². The smallest absolute Gasteiger partial charge is 0.306 e. The predicted octanol–water partition coefficient (Wildman–Crippen LogP) is 2.02. The van der Waals surface area contributed by atoms with Gasteiger partial charge in [0.05, 0.1) is 13.5 Å². The maximum atomic E-state index is 12.1. The highest BCUT2D eigenvalue weighted by Crippen LogP contribution is 2.50. The number of rotatable bonds is 5. The molecule has 0 heterocycles. The van der Waals surface area contributed by atoms with Gasteiger partial charge >= 0.3 is 5.97 Å². The third-order valence-corrected chi connectivity index (χ3v) is 5.94. The molecule has 2 aliphatic rings. The maximum absolute atomic E-state index is 12.1. The normalized spacial score (nSPS) is 25.3. The fraction of sp³-hybridized carbons (Fsp3) is 0.917. The summed E-state index contributed by atoms with van der Waals surface area (Å²) < 4.78 is 16.8. The number of hydrogen-bond donors (Lipinski definition) is 0. The van der Waals surface area contributed by atoms with Gasteiger partial charge in [-0.05, 0) is 31.1 Å². The first-order valence-corrected chi connectivity index (χ1v) is 7.47. The number of esters is 1. The van der Waals surface area contributed by atoms with E-state index in [1.807, 2.05) is 0 Å². The second kappa shape index (κ2) is 4.86. The summed E-state index contributed by atoms with van der Waals surface area (Å²) in [5.74, 6) is 0.563. The van der Waals surface area contributed by atoms with E-state index >= 15 is 0 Å². The van der Waals surface area contributed by atoms with Gasteiger partial charge in [0, 0.05) is 21.8 Å². The molecule has 0 bridgehead atoms. The molecule has 0 aromatic carbocycles. The van der Waals surface area contributed by atoms with Gasteiger partial charge in [-0.1, -0.05) is 12.8 Å². The Kier molecular flexibility index (Phi) is 3.67. The molecule has 0 amide bonds. The third-order valence-electron chi connectivity index (χ3n) is 3.83. The zero-order chi connectivity index (χ0) is 11.6. The number of methoxy groups -OCH3 is 1. The van der Waals surface area contributed by atoms with Crippen LogP contribution in [-0.2, 0) is 20.3 Å². The molecule has 0 radical (unpaired) electrons. The lowest BCUT2D eigenvalue weighted by Crippen LogP contribution is -2.23. The monoisotopic (exact) mass is 244 g/mol. The van der Waals surface area contributed by atoms with Crippen LogP contribution in [0.2, 0.25) is 0 Å². The van der Waals surface area contributed by atoms with Gasteiger partial charge in [-0.2, -0.15) is 0 Å². The molecule has 2 saturated carbocycles. The third kappa shape index (κ3) is 2.84. The Bertz CT molecular complexity index is 291. The van der Waals surface area contributed by atoms with Crippen LogP contribution in [0, 0.1) is 5.41 Å². The molecule has 2 fully saturated rings. The SMILES string of the molecule is COC(=O)CC1(CS(=O)C2CCCC2)CC1. The van der Waals surface area contributed by atoms with Crippen molar-refractivity contribution in [1.82, 2.24) is 0 Å². The second-order valence-corrected chi connectivity index (χ2v) is 6.90. The summed E-state index contributed by atoms with van der Waals surface area (Å²) in [6.07, 6.45) is 7.21. The van der Waals surface area contributed by atoms with Crippen LogP contribution in [0.5, 0.6) is 0 Å². The summed E-state index contributed by atoms with van der Waals surface area (Å²) in [6.45, 7) is 0. The molecule has 16 heavy (non-hydrogen) atoms. The van der Waals surface area contributed by atoms with E-state index in [1.54, 1.807) is 0 Å². The van der Waals surface area contributed by atoms with Crippen molar-refractivity contribution in [1.29, 1.82) is 0 Å². The van der Waals surface area contributed by atoms with E-state index in [4.69, 9.17) is 4.74 Å². The van der Waals surface area contributed by atoms with E-state index < -0.39 is 10.8 Å². The first-order valence-electron chi connectivity index (χ1n) is 6.09. The zero-order valence-corrected chi connectivity index (χ0v) is 10.7. The highest BCUT2D eigenvalue weighted by molar-refractivity contribution is 7.85.